The molecule has 0 spiro atoms. The van der Waals surface area contributed by atoms with E-state index < -0.39 is 23.8 Å². The van der Waals surface area contributed by atoms with Crippen LogP contribution >= 0.6 is 0 Å². The SMILES string of the molecule is CCCNC(=O)Nc1ccc(C(=O)c2nc(-c3cccc(C(=O)OC)c3)c3ccccn23)cc1C(=O)OC. The Morgan fingerprint density at radius 2 is 1.68 bits per heavy atom. The van der Waals surface area contributed by atoms with Crippen molar-refractivity contribution in [2.24, 2.45) is 0 Å². The standard InChI is InChI=1S/C28H26N4O6/c1-4-13-29-28(36)30-21-12-11-18(16-20(21)27(35)38-3)24(33)25-31-23(22-10-5-6-14-32(22)25)17-8-7-9-19(15-17)26(34)37-2/h5-12,14-16H,4,13H2,1-3H3,(H2,29,30,36). The van der Waals surface area contributed by atoms with Gasteiger partial charge in [0.05, 0.1) is 42.2 Å². The fourth-order valence-corrected chi connectivity index (χ4v) is 3.93. The molecule has 2 aromatic carbocycles. The zero-order chi connectivity index (χ0) is 27.2. The van der Waals surface area contributed by atoms with Crippen molar-refractivity contribution in [2.45, 2.75) is 13.3 Å². The molecular weight excluding hydrogens is 488 g/mol. The molecule has 0 aliphatic rings. The van der Waals surface area contributed by atoms with Gasteiger partial charge in [-0.25, -0.2) is 19.4 Å². The average Bonchev–Trinajstić information content (AvgIpc) is 3.35. The molecular formula is C28H26N4O6. The number of methoxy groups -OCH3 is 2. The van der Waals surface area contributed by atoms with Gasteiger partial charge in [0.2, 0.25) is 5.78 Å². The average molecular weight is 515 g/mol. The number of ether oxygens (including phenoxy) is 2. The van der Waals surface area contributed by atoms with Crippen LogP contribution in [0.3, 0.4) is 0 Å². The normalized spacial score (nSPS) is 10.6. The number of fused-ring (bicyclic) bond motifs is 1. The van der Waals surface area contributed by atoms with Crippen LogP contribution in [0.1, 0.15) is 50.2 Å². The number of pyridine rings is 1. The van der Waals surface area contributed by atoms with Gasteiger partial charge in [0.15, 0.2) is 5.82 Å². The predicted octanol–water partition coefficient (Wildman–Crippen LogP) is 4.34. The molecule has 0 saturated heterocycles. The molecule has 0 fully saturated rings. The van der Waals surface area contributed by atoms with Crippen molar-refractivity contribution in [3.05, 3.63) is 89.4 Å². The minimum atomic E-state index is -0.710. The maximum Gasteiger partial charge on any atom is 0.339 e. The first-order valence-corrected chi connectivity index (χ1v) is 11.9. The number of benzene rings is 2. The molecule has 194 valence electrons. The van der Waals surface area contributed by atoms with E-state index in [0.717, 1.165) is 6.42 Å². The third-order valence-electron chi connectivity index (χ3n) is 5.78. The lowest BCUT2D eigenvalue weighted by Crippen LogP contribution is -2.30. The second-order valence-corrected chi connectivity index (χ2v) is 8.27. The van der Waals surface area contributed by atoms with Crippen molar-refractivity contribution in [3.63, 3.8) is 0 Å². The lowest BCUT2D eigenvalue weighted by atomic mass is 10.0. The Bertz CT molecular complexity index is 1540. The Morgan fingerprint density at radius 3 is 2.42 bits per heavy atom. The monoisotopic (exact) mass is 514 g/mol. The van der Waals surface area contributed by atoms with Crippen molar-refractivity contribution in [1.82, 2.24) is 14.7 Å². The lowest BCUT2D eigenvalue weighted by molar-refractivity contribution is 0.0592. The molecule has 10 heteroatoms. The minimum Gasteiger partial charge on any atom is -0.465 e. The molecule has 0 aliphatic carbocycles. The van der Waals surface area contributed by atoms with Gasteiger partial charge in [-0.05, 0) is 48.9 Å². The number of carbonyl (C=O) groups is 4. The molecule has 0 radical (unpaired) electrons. The van der Waals surface area contributed by atoms with Crippen molar-refractivity contribution < 1.29 is 28.7 Å². The topological polar surface area (TPSA) is 128 Å². The zero-order valence-electron chi connectivity index (χ0n) is 21.1. The molecule has 4 aromatic rings. The van der Waals surface area contributed by atoms with Crippen LogP contribution in [0.25, 0.3) is 16.8 Å². The highest BCUT2D eigenvalue weighted by atomic mass is 16.5. The van der Waals surface area contributed by atoms with Crippen molar-refractivity contribution >= 4 is 35.0 Å². The predicted molar refractivity (Wildman–Crippen MR) is 140 cm³/mol. The number of rotatable bonds is 8. The highest BCUT2D eigenvalue weighted by Crippen LogP contribution is 2.28. The Labute approximate surface area is 218 Å². The van der Waals surface area contributed by atoms with Gasteiger partial charge in [0.25, 0.3) is 0 Å². The summed E-state index contributed by atoms with van der Waals surface area (Å²) in [7, 11) is 2.52. The van der Waals surface area contributed by atoms with Crippen LogP contribution in [0, 0.1) is 0 Å². The quantitative estimate of drug-likeness (QED) is 0.264. The van der Waals surface area contributed by atoms with Crippen LogP contribution in [0.5, 0.6) is 0 Å². The third-order valence-corrected chi connectivity index (χ3v) is 5.78. The molecule has 0 aliphatic heterocycles. The van der Waals surface area contributed by atoms with E-state index in [2.05, 4.69) is 15.6 Å². The summed E-state index contributed by atoms with van der Waals surface area (Å²) >= 11 is 0. The van der Waals surface area contributed by atoms with Gasteiger partial charge >= 0.3 is 18.0 Å². The van der Waals surface area contributed by atoms with E-state index in [0.29, 0.717) is 28.9 Å². The first-order valence-electron chi connectivity index (χ1n) is 11.9. The Morgan fingerprint density at radius 1 is 0.895 bits per heavy atom. The van der Waals surface area contributed by atoms with Crippen molar-refractivity contribution in [2.75, 3.05) is 26.1 Å². The van der Waals surface area contributed by atoms with Gasteiger partial charge in [-0.3, -0.25) is 9.20 Å². The second-order valence-electron chi connectivity index (χ2n) is 8.27. The molecule has 2 aromatic heterocycles. The van der Waals surface area contributed by atoms with E-state index in [1.165, 1.54) is 32.4 Å². The summed E-state index contributed by atoms with van der Waals surface area (Å²) in [4.78, 5) is 55.0. The van der Waals surface area contributed by atoms with E-state index in [-0.39, 0.29) is 22.6 Å². The summed E-state index contributed by atoms with van der Waals surface area (Å²) in [5, 5.41) is 5.29. The third kappa shape index (κ3) is 5.24. The number of urea groups is 1. The summed E-state index contributed by atoms with van der Waals surface area (Å²) in [6.07, 6.45) is 2.45. The lowest BCUT2D eigenvalue weighted by Gasteiger charge is -2.12. The number of aromatic nitrogens is 2. The van der Waals surface area contributed by atoms with E-state index in [9.17, 15) is 19.2 Å². The zero-order valence-corrected chi connectivity index (χ0v) is 21.1. The number of amides is 2. The molecule has 2 amide bonds. The number of ketones is 1. The van der Waals surface area contributed by atoms with E-state index in [1.54, 1.807) is 40.9 Å². The summed E-state index contributed by atoms with van der Waals surface area (Å²) < 4.78 is 11.3. The molecule has 0 saturated carbocycles. The van der Waals surface area contributed by atoms with Gasteiger partial charge in [-0.1, -0.05) is 25.1 Å². The number of anilines is 1. The summed E-state index contributed by atoms with van der Waals surface area (Å²) in [5.74, 6) is -1.54. The summed E-state index contributed by atoms with van der Waals surface area (Å²) in [6, 6.07) is 16.0. The van der Waals surface area contributed by atoms with Crippen molar-refractivity contribution in [1.29, 1.82) is 0 Å². The largest absolute Gasteiger partial charge is 0.465 e. The molecule has 2 N–H and O–H groups in total. The first-order chi connectivity index (χ1) is 18.4. The van der Waals surface area contributed by atoms with Gasteiger partial charge in [0.1, 0.15) is 0 Å². The molecule has 10 nitrogen and oxygen atoms in total. The Balaban J connectivity index is 1.76. The van der Waals surface area contributed by atoms with E-state index >= 15 is 0 Å². The van der Waals surface area contributed by atoms with Crippen LogP contribution in [0.2, 0.25) is 0 Å². The number of carbonyl (C=O) groups excluding carboxylic acids is 4. The molecule has 0 atom stereocenters. The fraction of sp³-hybridized carbons (Fsp3) is 0.179. The summed E-state index contributed by atoms with van der Waals surface area (Å²) in [6.45, 7) is 2.38. The minimum absolute atomic E-state index is 0.0249. The van der Waals surface area contributed by atoms with Crippen LogP contribution in [0.4, 0.5) is 10.5 Å². The van der Waals surface area contributed by atoms with Gasteiger partial charge < -0.3 is 20.1 Å². The maximum absolute atomic E-state index is 13.7. The number of hydrogen-bond donors (Lipinski definition) is 2. The first kappa shape index (κ1) is 26.1. The van der Waals surface area contributed by atoms with E-state index in [4.69, 9.17) is 9.47 Å². The van der Waals surface area contributed by atoms with E-state index in [1.807, 2.05) is 19.1 Å². The number of hydrogen-bond acceptors (Lipinski definition) is 7. The maximum atomic E-state index is 13.7. The molecule has 0 unspecified atom stereocenters. The highest BCUT2D eigenvalue weighted by Gasteiger charge is 2.23. The number of nitrogens with zero attached hydrogens (tertiary/aromatic N) is 2. The molecule has 38 heavy (non-hydrogen) atoms. The number of imidazole rings is 1. The smallest absolute Gasteiger partial charge is 0.339 e. The second kappa shape index (κ2) is 11.4. The molecule has 0 bridgehead atoms. The summed E-state index contributed by atoms with van der Waals surface area (Å²) in [5.41, 5.74) is 2.53. The fourth-order valence-electron chi connectivity index (χ4n) is 3.93. The number of nitrogens with one attached hydrogen (secondary N) is 2. The van der Waals surface area contributed by atoms with Crippen molar-refractivity contribution in [3.8, 4) is 11.3 Å². The molecule has 4 rings (SSSR count). The molecule has 2 heterocycles. The van der Waals surface area contributed by atoms with Gasteiger partial charge in [-0.2, -0.15) is 0 Å². The van der Waals surface area contributed by atoms with Gasteiger partial charge in [-0.15, -0.1) is 0 Å². The van der Waals surface area contributed by atoms with Crippen LogP contribution in [0.15, 0.2) is 66.9 Å². The Kier molecular flexibility index (Phi) is 7.81. The highest BCUT2D eigenvalue weighted by molar-refractivity contribution is 6.11. The van der Waals surface area contributed by atoms with Crippen LogP contribution in [-0.2, 0) is 9.47 Å². The number of esters is 2. The van der Waals surface area contributed by atoms with Gasteiger partial charge in [0, 0.05) is 23.9 Å². The van der Waals surface area contributed by atoms with Crippen LogP contribution in [-0.4, -0.2) is 53.9 Å². The van der Waals surface area contributed by atoms with Crippen LogP contribution < -0.4 is 10.6 Å². The Hall–Kier alpha value is -4.99.